The van der Waals surface area contributed by atoms with Crippen molar-refractivity contribution < 1.29 is 0 Å². The average molecular weight is 162 g/mol. The third-order valence-electron chi connectivity index (χ3n) is 1.36. The van der Waals surface area contributed by atoms with Crippen molar-refractivity contribution in [2.75, 3.05) is 5.73 Å². The van der Waals surface area contributed by atoms with Crippen LogP contribution in [0.2, 0.25) is 0 Å². The summed E-state index contributed by atoms with van der Waals surface area (Å²) in [5.74, 6) is 0.495. The molecule has 12 heavy (non-hydrogen) atoms. The van der Waals surface area contributed by atoms with Crippen LogP contribution in [0.5, 0.6) is 0 Å². The van der Waals surface area contributed by atoms with Gasteiger partial charge in [-0.1, -0.05) is 0 Å². The summed E-state index contributed by atoms with van der Waals surface area (Å²) in [6.07, 6.45) is 2.95. The molecule has 60 valence electrons. The minimum atomic E-state index is 0.495. The van der Waals surface area contributed by atoms with E-state index in [4.69, 9.17) is 5.73 Å². The first-order valence-corrected chi connectivity index (χ1v) is 3.32. The number of hydrogen-bond acceptors (Lipinski definition) is 5. The van der Waals surface area contributed by atoms with Crippen molar-refractivity contribution >= 4 is 5.69 Å². The van der Waals surface area contributed by atoms with Gasteiger partial charge in [0.15, 0.2) is 12.1 Å². The topological polar surface area (TPSA) is 82.5 Å². The summed E-state index contributed by atoms with van der Waals surface area (Å²) < 4.78 is 0. The van der Waals surface area contributed by atoms with Crippen LogP contribution in [0.1, 0.15) is 0 Å². The third-order valence-corrected chi connectivity index (χ3v) is 1.36. The lowest BCUT2D eigenvalue weighted by atomic mass is 10.4. The van der Waals surface area contributed by atoms with Gasteiger partial charge in [-0.2, -0.15) is 0 Å². The van der Waals surface area contributed by atoms with Gasteiger partial charge in [0.2, 0.25) is 0 Å². The molecule has 0 fully saturated rings. The van der Waals surface area contributed by atoms with Gasteiger partial charge >= 0.3 is 0 Å². The second-order valence-electron chi connectivity index (χ2n) is 2.14. The van der Waals surface area contributed by atoms with E-state index in [0.29, 0.717) is 11.5 Å². The molecule has 2 heterocycles. The molecule has 0 saturated carbocycles. The molecule has 2 aromatic rings. The predicted molar refractivity (Wildman–Crippen MR) is 41.4 cm³/mol. The molecule has 0 bridgehead atoms. The van der Waals surface area contributed by atoms with E-state index in [1.165, 1.54) is 11.1 Å². The summed E-state index contributed by atoms with van der Waals surface area (Å²) in [6.45, 7) is 0. The van der Waals surface area contributed by atoms with E-state index in [1.807, 2.05) is 0 Å². The van der Waals surface area contributed by atoms with Crippen LogP contribution in [0.3, 0.4) is 0 Å². The van der Waals surface area contributed by atoms with Gasteiger partial charge in [-0.05, 0) is 17.3 Å². The molecule has 0 unspecified atom stereocenters. The van der Waals surface area contributed by atoms with Crippen molar-refractivity contribution in [2.45, 2.75) is 0 Å². The predicted octanol–water partition coefficient (Wildman–Crippen LogP) is -0.361. The molecular weight excluding hydrogens is 156 g/mol. The van der Waals surface area contributed by atoms with Crippen LogP contribution >= 0.6 is 0 Å². The Balaban J connectivity index is 2.55. The molecule has 0 amide bonds. The number of aromatic nitrogens is 5. The Morgan fingerprint density at radius 3 is 3.00 bits per heavy atom. The number of hydrogen-bond donors (Lipinski definition) is 1. The van der Waals surface area contributed by atoms with Gasteiger partial charge in [0.25, 0.3) is 0 Å². The minimum absolute atomic E-state index is 0.495. The molecular formula is C6H6N6. The second-order valence-corrected chi connectivity index (χ2v) is 2.14. The van der Waals surface area contributed by atoms with Gasteiger partial charge in [-0.3, -0.25) is 0 Å². The Hall–Kier alpha value is -1.98. The molecule has 2 aromatic heterocycles. The Labute approximate surface area is 68.0 Å². The molecule has 0 aliphatic carbocycles. The number of pyridine rings is 1. The van der Waals surface area contributed by atoms with E-state index >= 15 is 0 Å². The lowest BCUT2D eigenvalue weighted by molar-refractivity contribution is 0.702. The normalized spacial score (nSPS) is 10.0. The molecule has 0 radical (unpaired) electrons. The lowest BCUT2D eigenvalue weighted by Gasteiger charge is -1.99. The Kier molecular flexibility index (Phi) is 1.44. The molecule has 0 spiro atoms. The van der Waals surface area contributed by atoms with Crippen molar-refractivity contribution in [2.24, 2.45) is 0 Å². The number of rotatable bonds is 1. The number of anilines is 1. The molecule has 6 heteroatoms. The summed E-state index contributed by atoms with van der Waals surface area (Å²) in [5.41, 5.74) is 6.14. The van der Waals surface area contributed by atoms with Gasteiger partial charge < -0.3 is 5.73 Å². The molecule has 0 saturated heterocycles. The second kappa shape index (κ2) is 2.57. The number of nitrogen functional groups attached to an aromatic ring is 1. The first-order chi connectivity index (χ1) is 5.88. The van der Waals surface area contributed by atoms with Crippen molar-refractivity contribution in [1.82, 2.24) is 25.2 Å². The Bertz CT molecular complexity index is 367. The van der Waals surface area contributed by atoms with Crippen molar-refractivity contribution in [3.63, 3.8) is 0 Å². The third kappa shape index (κ3) is 0.986. The standard InChI is InChI=1S/C6H6N6/c7-5-2-1-3-8-6(5)12-10-4-9-11-12/h1-4H,7H2. The van der Waals surface area contributed by atoms with Gasteiger partial charge in [0.05, 0.1) is 5.69 Å². The number of nitrogens with zero attached hydrogens (tertiary/aromatic N) is 5. The fraction of sp³-hybridized carbons (Fsp3) is 0. The highest BCUT2D eigenvalue weighted by Gasteiger charge is 2.02. The monoisotopic (exact) mass is 162 g/mol. The molecule has 0 aromatic carbocycles. The van der Waals surface area contributed by atoms with E-state index < -0.39 is 0 Å². The van der Waals surface area contributed by atoms with E-state index in [2.05, 4.69) is 20.4 Å². The number of nitrogens with two attached hydrogens (primary N) is 1. The van der Waals surface area contributed by atoms with Gasteiger partial charge in [-0.15, -0.1) is 15.0 Å². The van der Waals surface area contributed by atoms with Crippen molar-refractivity contribution in [3.05, 3.63) is 24.7 Å². The summed E-state index contributed by atoms with van der Waals surface area (Å²) in [4.78, 5) is 5.27. The van der Waals surface area contributed by atoms with Crippen LogP contribution in [-0.2, 0) is 0 Å². The zero-order chi connectivity index (χ0) is 8.39. The van der Waals surface area contributed by atoms with Gasteiger partial charge in [0.1, 0.15) is 0 Å². The zero-order valence-corrected chi connectivity index (χ0v) is 6.12. The highest BCUT2D eigenvalue weighted by Crippen LogP contribution is 2.08. The van der Waals surface area contributed by atoms with E-state index in [-0.39, 0.29) is 0 Å². The van der Waals surface area contributed by atoms with E-state index in [0.717, 1.165) is 0 Å². The smallest absolute Gasteiger partial charge is 0.199 e. The molecule has 6 nitrogen and oxygen atoms in total. The van der Waals surface area contributed by atoms with Crippen LogP contribution in [0, 0.1) is 0 Å². The van der Waals surface area contributed by atoms with E-state index in [1.54, 1.807) is 18.3 Å². The zero-order valence-electron chi connectivity index (χ0n) is 6.12. The van der Waals surface area contributed by atoms with Gasteiger partial charge in [0, 0.05) is 6.20 Å². The molecule has 2 N–H and O–H groups in total. The molecule has 2 rings (SSSR count). The maximum atomic E-state index is 5.62. The SMILES string of the molecule is Nc1cccnc1-n1ncnn1. The fourth-order valence-corrected chi connectivity index (χ4v) is 0.841. The quantitative estimate of drug-likeness (QED) is 0.619. The molecule has 0 aliphatic rings. The first-order valence-electron chi connectivity index (χ1n) is 3.32. The highest BCUT2D eigenvalue weighted by molar-refractivity contribution is 5.50. The largest absolute Gasteiger partial charge is 0.396 e. The van der Waals surface area contributed by atoms with Crippen molar-refractivity contribution in [1.29, 1.82) is 0 Å². The summed E-state index contributed by atoms with van der Waals surface area (Å²) >= 11 is 0. The summed E-state index contributed by atoms with van der Waals surface area (Å²) in [5, 5.41) is 11.0. The maximum Gasteiger partial charge on any atom is 0.199 e. The van der Waals surface area contributed by atoms with Gasteiger partial charge in [-0.25, -0.2) is 4.98 Å². The maximum absolute atomic E-state index is 5.62. The summed E-state index contributed by atoms with van der Waals surface area (Å²) in [7, 11) is 0. The minimum Gasteiger partial charge on any atom is -0.396 e. The average Bonchev–Trinajstić information content (AvgIpc) is 2.57. The van der Waals surface area contributed by atoms with Crippen molar-refractivity contribution in [3.8, 4) is 5.82 Å². The number of tetrazole rings is 1. The van der Waals surface area contributed by atoms with Crippen LogP contribution < -0.4 is 5.73 Å². The van der Waals surface area contributed by atoms with E-state index in [9.17, 15) is 0 Å². The van der Waals surface area contributed by atoms with Crippen LogP contribution in [0.25, 0.3) is 5.82 Å². The van der Waals surface area contributed by atoms with Crippen LogP contribution in [0.15, 0.2) is 24.7 Å². The van der Waals surface area contributed by atoms with Crippen LogP contribution in [0.4, 0.5) is 5.69 Å². The Morgan fingerprint density at radius 2 is 2.33 bits per heavy atom. The molecule has 0 aliphatic heterocycles. The summed E-state index contributed by atoms with van der Waals surface area (Å²) in [6, 6.07) is 3.47. The van der Waals surface area contributed by atoms with Crippen LogP contribution in [-0.4, -0.2) is 25.2 Å². The molecule has 0 atom stereocenters. The fourth-order valence-electron chi connectivity index (χ4n) is 0.841. The first kappa shape index (κ1) is 6.71. The highest BCUT2D eigenvalue weighted by atomic mass is 15.6. The lowest BCUT2D eigenvalue weighted by Crippen LogP contribution is -2.05. The Morgan fingerprint density at radius 1 is 1.42 bits per heavy atom.